The summed E-state index contributed by atoms with van der Waals surface area (Å²) in [7, 11) is 1.53. The summed E-state index contributed by atoms with van der Waals surface area (Å²) in [4.78, 5) is 0. The molecule has 0 aliphatic heterocycles. The van der Waals surface area contributed by atoms with Gasteiger partial charge in [-0.15, -0.1) is 0 Å². The summed E-state index contributed by atoms with van der Waals surface area (Å²) in [6.07, 6.45) is 0. The van der Waals surface area contributed by atoms with Gasteiger partial charge in [0.15, 0.2) is 11.5 Å². The fraction of sp³-hybridized carbons (Fsp3) is 0.200. The predicted molar refractivity (Wildman–Crippen MR) is 78.2 cm³/mol. The van der Waals surface area contributed by atoms with E-state index in [1.165, 1.54) is 7.11 Å². The largest absolute Gasteiger partial charge is 0.504 e. The maximum atomic E-state index is 9.97. The van der Waals surface area contributed by atoms with Gasteiger partial charge in [0.1, 0.15) is 0 Å². The lowest BCUT2D eigenvalue weighted by atomic mass is 10.1. The first-order valence-corrected chi connectivity index (χ1v) is 6.34. The van der Waals surface area contributed by atoms with Gasteiger partial charge in [0, 0.05) is 22.8 Å². The Morgan fingerprint density at radius 2 is 2.05 bits per heavy atom. The van der Waals surface area contributed by atoms with Gasteiger partial charge in [-0.2, -0.15) is 0 Å². The van der Waals surface area contributed by atoms with Crippen molar-refractivity contribution in [2.24, 2.45) is 0 Å². The van der Waals surface area contributed by atoms with Gasteiger partial charge >= 0.3 is 0 Å². The van der Waals surface area contributed by atoms with Gasteiger partial charge in [-0.25, -0.2) is 0 Å². The minimum absolute atomic E-state index is 0.163. The molecule has 0 atom stereocenters. The van der Waals surface area contributed by atoms with Crippen molar-refractivity contribution in [2.45, 2.75) is 13.5 Å². The smallest absolute Gasteiger partial charge is 0.162 e. The zero-order valence-corrected chi connectivity index (χ0v) is 11.7. The molecular formula is C15H16ClNO2. The third-order valence-electron chi connectivity index (χ3n) is 2.96. The molecule has 0 fully saturated rings. The molecule has 0 saturated carbocycles. The Hall–Kier alpha value is -1.87. The molecule has 0 heterocycles. The minimum atomic E-state index is 0.163. The molecule has 0 saturated heterocycles. The van der Waals surface area contributed by atoms with Crippen LogP contribution in [0, 0.1) is 6.92 Å². The Morgan fingerprint density at radius 3 is 2.74 bits per heavy atom. The first-order valence-electron chi connectivity index (χ1n) is 5.96. The van der Waals surface area contributed by atoms with E-state index in [4.69, 9.17) is 16.3 Å². The molecule has 2 rings (SSSR count). The predicted octanol–water partition coefficient (Wildman–Crippen LogP) is 3.97. The molecule has 4 heteroatoms. The van der Waals surface area contributed by atoms with Gasteiger partial charge in [0.05, 0.1) is 7.11 Å². The normalized spacial score (nSPS) is 10.3. The Balaban J connectivity index is 2.12. The number of halogens is 1. The lowest BCUT2D eigenvalue weighted by Gasteiger charge is -2.11. The van der Waals surface area contributed by atoms with Gasteiger partial charge in [-0.1, -0.05) is 29.8 Å². The topological polar surface area (TPSA) is 41.5 Å². The molecule has 0 amide bonds. The number of aryl methyl sites for hydroxylation is 1. The van der Waals surface area contributed by atoms with Crippen molar-refractivity contribution >= 4 is 17.3 Å². The molecule has 0 aromatic heterocycles. The van der Waals surface area contributed by atoms with Crippen LogP contribution >= 0.6 is 11.6 Å². The molecule has 0 radical (unpaired) electrons. The summed E-state index contributed by atoms with van der Waals surface area (Å²) in [5, 5.41) is 13.9. The number of benzene rings is 2. The van der Waals surface area contributed by atoms with E-state index in [2.05, 4.69) is 5.32 Å². The highest BCUT2D eigenvalue weighted by Gasteiger charge is 2.07. The maximum absolute atomic E-state index is 9.97. The van der Waals surface area contributed by atoms with Crippen LogP contribution in [0.25, 0.3) is 0 Å². The molecule has 0 bridgehead atoms. The molecule has 0 spiro atoms. The van der Waals surface area contributed by atoms with E-state index in [9.17, 15) is 5.11 Å². The number of ether oxygens (including phenoxy) is 1. The third kappa shape index (κ3) is 3.12. The summed E-state index contributed by atoms with van der Waals surface area (Å²) in [5.41, 5.74) is 2.73. The van der Waals surface area contributed by atoms with Crippen molar-refractivity contribution in [1.82, 2.24) is 0 Å². The zero-order chi connectivity index (χ0) is 13.8. The zero-order valence-electron chi connectivity index (χ0n) is 10.9. The molecular weight excluding hydrogens is 262 g/mol. The second-order valence-electron chi connectivity index (χ2n) is 4.29. The SMILES string of the molecule is COc1cccc(CNc2ccc(C)c(Cl)c2)c1O. The van der Waals surface area contributed by atoms with Crippen LogP contribution in [0.1, 0.15) is 11.1 Å². The summed E-state index contributed by atoms with van der Waals surface area (Å²) >= 11 is 6.07. The van der Waals surface area contributed by atoms with Gasteiger partial charge in [0.25, 0.3) is 0 Å². The van der Waals surface area contributed by atoms with E-state index in [0.717, 1.165) is 21.8 Å². The van der Waals surface area contributed by atoms with Crippen LogP contribution in [0.4, 0.5) is 5.69 Å². The van der Waals surface area contributed by atoms with Gasteiger partial charge in [0.2, 0.25) is 0 Å². The molecule has 2 N–H and O–H groups in total. The molecule has 2 aromatic carbocycles. The highest BCUT2D eigenvalue weighted by molar-refractivity contribution is 6.31. The number of rotatable bonds is 4. The second kappa shape index (κ2) is 5.85. The van der Waals surface area contributed by atoms with Crippen LogP contribution in [-0.2, 0) is 6.54 Å². The number of para-hydroxylation sites is 1. The van der Waals surface area contributed by atoms with Crippen LogP contribution in [-0.4, -0.2) is 12.2 Å². The van der Waals surface area contributed by atoms with Crippen molar-refractivity contribution in [3.63, 3.8) is 0 Å². The Labute approximate surface area is 117 Å². The number of aromatic hydroxyl groups is 1. The van der Waals surface area contributed by atoms with E-state index in [1.54, 1.807) is 6.07 Å². The molecule has 0 unspecified atom stereocenters. The summed E-state index contributed by atoms with van der Waals surface area (Å²) < 4.78 is 5.07. The van der Waals surface area contributed by atoms with Crippen LogP contribution in [0.15, 0.2) is 36.4 Å². The Kier molecular flexibility index (Phi) is 4.17. The van der Waals surface area contributed by atoms with Crippen LogP contribution in [0.2, 0.25) is 5.02 Å². The van der Waals surface area contributed by atoms with E-state index in [1.807, 2.05) is 37.3 Å². The fourth-order valence-electron chi connectivity index (χ4n) is 1.78. The van der Waals surface area contributed by atoms with E-state index in [0.29, 0.717) is 12.3 Å². The summed E-state index contributed by atoms with van der Waals surface area (Å²) in [6.45, 7) is 2.46. The van der Waals surface area contributed by atoms with Crippen LogP contribution in [0.3, 0.4) is 0 Å². The Morgan fingerprint density at radius 1 is 1.26 bits per heavy atom. The fourth-order valence-corrected chi connectivity index (χ4v) is 1.96. The van der Waals surface area contributed by atoms with Crippen LogP contribution < -0.4 is 10.1 Å². The number of hydrogen-bond donors (Lipinski definition) is 2. The second-order valence-corrected chi connectivity index (χ2v) is 4.69. The number of phenols is 1. The number of hydrogen-bond acceptors (Lipinski definition) is 3. The van der Waals surface area contributed by atoms with Crippen LogP contribution in [0.5, 0.6) is 11.5 Å². The molecule has 0 aliphatic carbocycles. The molecule has 19 heavy (non-hydrogen) atoms. The summed E-state index contributed by atoms with van der Waals surface area (Å²) in [6, 6.07) is 11.2. The molecule has 3 nitrogen and oxygen atoms in total. The molecule has 100 valence electrons. The van der Waals surface area contributed by atoms with Crippen molar-refractivity contribution in [1.29, 1.82) is 0 Å². The number of phenolic OH excluding ortho intramolecular Hbond substituents is 1. The van der Waals surface area contributed by atoms with Gasteiger partial charge in [-0.05, 0) is 30.7 Å². The molecule has 0 aliphatic rings. The highest BCUT2D eigenvalue weighted by Crippen LogP contribution is 2.30. The van der Waals surface area contributed by atoms with Crippen molar-refractivity contribution in [2.75, 3.05) is 12.4 Å². The average Bonchev–Trinajstić information content (AvgIpc) is 2.41. The highest BCUT2D eigenvalue weighted by atomic mass is 35.5. The van der Waals surface area contributed by atoms with Gasteiger partial charge in [-0.3, -0.25) is 0 Å². The summed E-state index contributed by atoms with van der Waals surface area (Å²) in [5.74, 6) is 0.636. The lowest BCUT2D eigenvalue weighted by molar-refractivity contribution is 0.371. The van der Waals surface area contributed by atoms with Gasteiger partial charge < -0.3 is 15.2 Å². The van der Waals surface area contributed by atoms with Crippen molar-refractivity contribution in [3.8, 4) is 11.5 Å². The third-order valence-corrected chi connectivity index (χ3v) is 3.36. The molecule has 2 aromatic rings. The first-order chi connectivity index (χ1) is 9.11. The standard InChI is InChI=1S/C15H16ClNO2/c1-10-6-7-12(8-13(10)16)17-9-11-4-3-5-14(19-2)15(11)18/h3-8,17-18H,9H2,1-2H3. The van der Waals surface area contributed by atoms with E-state index >= 15 is 0 Å². The van der Waals surface area contributed by atoms with E-state index < -0.39 is 0 Å². The number of methoxy groups -OCH3 is 1. The maximum Gasteiger partial charge on any atom is 0.162 e. The quantitative estimate of drug-likeness (QED) is 0.888. The number of anilines is 1. The monoisotopic (exact) mass is 277 g/mol. The van der Waals surface area contributed by atoms with Crippen molar-refractivity contribution in [3.05, 3.63) is 52.5 Å². The lowest BCUT2D eigenvalue weighted by Crippen LogP contribution is -2.00. The minimum Gasteiger partial charge on any atom is -0.504 e. The Bertz CT molecular complexity index is 584. The van der Waals surface area contributed by atoms with Crippen molar-refractivity contribution < 1.29 is 9.84 Å². The average molecular weight is 278 g/mol. The van der Waals surface area contributed by atoms with E-state index in [-0.39, 0.29) is 5.75 Å². The first kappa shape index (κ1) is 13.6. The number of nitrogens with one attached hydrogen (secondary N) is 1.